The highest BCUT2D eigenvalue weighted by Gasteiger charge is 2.11. The number of carbonyl (C=O) groups excluding carboxylic acids is 1. The molecule has 3 aromatic rings. The van der Waals surface area contributed by atoms with Gasteiger partial charge in [-0.2, -0.15) is 0 Å². The molecule has 0 fully saturated rings. The van der Waals surface area contributed by atoms with Crippen molar-refractivity contribution in [2.75, 3.05) is 5.32 Å². The zero-order valence-corrected chi connectivity index (χ0v) is 15.9. The Bertz CT molecular complexity index is 1020. The Morgan fingerprint density at radius 1 is 1.04 bits per heavy atom. The minimum Gasteiger partial charge on any atom is -0.489 e. The van der Waals surface area contributed by atoms with Crippen molar-refractivity contribution in [1.29, 1.82) is 0 Å². The third-order valence-electron chi connectivity index (χ3n) is 4.20. The molecule has 0 spiro atoms. The molecule has 2 N–H and O–H groups in total. The van der Waals surface area contributed by atoms with E-state index in [2.05, 4.69) is 5.32 Å². The molecule has 0 bridgehead atoms. The van der Waals surface area contributed by atoms with Crippen LogP contribution in [-0.2, 0) is 6.61 Å². The zero-order valence-electron chi connectivity index (χ0n) is 15.1. The molecule has 0 saturated heterocycles. The summed E-state index contributed by atoms with van der Waals surface area (Å²) < 4.78 is 5.66. The summed E-state index contributed by atoms with van der Waals surface area (Å²) in [5.74, 6) is -0.698. The summed E-state index contributed by atoms with van der Waals surface area (Å²) in [6, 6.07) is 18.6. The molecule has 0 saturated carbocycles. The van der Waals surface area contributed by atoms with Gasteiger partial charge in [-0.3, -0.25) is 4.79 Å². The standard InChI is InChI=1S/C22H18ClNO4/c1-14-12-17(23)8-11-20(14)24-21(25)15-6-9-18(10-7-15)28-13-16-4-2-3-5-19(16)22(26)27/h2-12H,13H2,1H3,(H,24,25)(H,26,27). The first-order valence-corrected chi connectivity index (χ1v) is 8.93. The lowest BCUT2D eigenvalue weighted by Gasteiger charge is -2.11. The zero-order chi connectivity index (χ0) is 20.1. The van der Waals surface area contributed by atoms with Crippen LogP contribution in [0.2, 0.25) is 5.02 Å². The summed E-state index contributed by atoms with van der Waals surface area (Å²) in [5.41, 5.74) is 2.83. The lowest BCUT2D eigenvalue weighted by molar-refractivity contribution is 0.0693. The smallest absolute Gasteiger partial charge is 0.336 e. The highest BCUT2D eigenvalue weighted by molar-refractivity contribution is 6.30. The van der Waals surface area contributed by atoms with Gasteiger partial charge in [0.05, 0.1) is 5.56 Å². The molecule has 142 valence electrons. The second-order valence-electron chi connectivity index (χ2n) is 6.19. The number of rotatable bonds is 6. The minimum absolute atomic E-state index is 0.123. The quantitative estimate of drug-likeness (QED) is 0.603. The maximum Gasteiger partial charge on any atom is 0.336 e. The number of anilines is 1. The van der Waals surface area contributed by atoms with Crippen LogP contribution >= 0.6 is 11.6 Å². The van der Waals surface area contributed by atoms with Crippen molar-refractivity contribution in [2.45, 2.75) is 13.5 Å². The van der Waals surface area contributed by atoms with Gasteiger partial charge in [0.1, 0.15) is 12.4 Å². The minimum atomic E-state index is -0.997. The number of benzene rings is 3. The van der Waals surface area contributed by atoms with Gasteiger partial charge in [0.15, 0.2) is 0 Å². The molecule has 3 rings (SSSR count). The number of aromatic carboxylic acids is 1. The predicted octanol–water partition coefficient (Wildman–Crippen LogP) is 5.18. The van der Waals surface area contributed by atoms with Crippen molar-refractivity contribution in [2.24, 2.45) is 0 Å². The van der Waals surface area contributed by atoms with Crippen molar-refractivity contribution in [3.05, 3.63) is 94.0 Å². The van der Waals surface area contributed by atoms with E-state index in [0.29, 0.717) is 27.6 Å². The number of amides is 1. The van der Waals surface area contributed by atoms with E-state index in [1.54, 1.807) is 60.7 Å². The first-order chi connectivity index (χ1) is 13.4. The van der Waals surface area contributed by atoms with Gasteiger partial charge in [0, 0.05) is 21.8 Å². The van der Waals surface area contributed by atoms with E-state index < -0.39 is 5.97 Å². The molecule has 0 heterocycles. The number of nitrogens with one attached hydrogen (secondary N) is 1. The van der Waals surface area contributed by atoms with Crippen LogP contribution in [0.25, 0.3) is 0 Å². The largest absolute Gasteiger partial charge is 0.489 e. The summed E-state index contributed by atoms with van der Waals surface area (Å²) in [6.07, 6.45) is 0. The lowest BCUT2D eigenvalue weighted by Crippen LogP contribution is -2.12. The molecule has 3 aromatic carbocycles. The summed E-state index contributed by atoms with van der Waals surface area (Å²) in [5, 5.41) is 12.7. The molecule has 0 aliphatic rings. The molecular weight excluding hydrogens is 378 g/mol. The highest BCUT2D eigenvalue weighted by atomic mass is 35.5. The third-order valence-corrected chi connectivity index (χ3v) is 4.43. The number of carbonyl (C=O) groups is 2. The summed E-state index contributed by atoms with van der Waals surface area (Å²) in [6.45, 7) is 1.99. The van der Waals surface area contributed by atoms with Gasteiger partial charge in [-0.15, -0.1) is 0 Å². The van der Waals surface area contributed by atoms with Crippen molar-refractivity contribution in [1.82, 2.24) is 0 Å². The van der Waals surface area contributed by atoms with Crippen molar-refractivity contribution in [3.8, 4) is 5.75 Å². The maximum atomic E-state index is 12.4. The number of aryl methyl sites for hydroxylation is 1. The van der Waals surface area contributed by atoms with Crippen LogP contribution in [0.15, 0.2) is 66.7 Å². The second-order valence-corrected chi connectivity index (χ2v) is 6.63. The average Bonchev–Trinajstić information content (AvgIpc) is 2.69. The SMILES string of the molecule is Cc1cc(Cl)ccc1NC(=O)c1ccc(OCc2ccccc2C(=O)O)cc1. The molecule has 28 heavy (non-hydrogen) atoms. The summed E-state index contributed by atoms with van der Waals surface area (Å²) in [4.78, 5) is 23.6. The van der Waals surface area contributed by atoms with Gasteiger partial charge in [-0.25, -0.2) is 4.79 Å². The number of halogens is 1. The molecule has 0 atom stereocenters. The van der Waals surface area contributed by atoms with Gasteiger partial charge in [-0.05, 0) is 61.0 Å². The third kappa shape index (κ3) is 4.69. The Hall–Kier alpha value is -3.31. The number of ether oxygens (including phenoxy) is 1. The van der Waals surface area contributed by atoms with Crippen LogP contribution in [0, 0.1) is 6.92 Å². The number of carboxylic acid groups (broad SMARTS) is 1. The fraction of sp³-hybridized carbons (Fsp3) is 0.0909. The molecule has 0 aliphatic carbocycles. The Balaban J connectivity index is 1.65. The van der Waals surface area contributed by atoms with Crippen molar-refractivity contribution >= 4 is 29.2 Å². The van der Waals surface area contributed by atoms with Crippen LogP contribution in [0.3, 0.4) is 0 Å². The summed E-state index contributed by atoms with van der Waals surface area (Å²) in [7, 11) is 0. The normalized spacial score (nSPS) is 10.4. The Labute approximate surface area is 167 Å². The van der Waals surface area contributed by atoms with Gasteiger partial charge in [0.25, 0.3) is 5.91 Å². The Morgan fingerprint density at radius 2 is 1.75 bits per heavy atom. The monoisotopic (exact) mass is 395 g/mol. The van der Waals surface area contributed by atoms with Gasteiger partial charge in [-0.1, -0.05) is 29.8 Å². The van der Waals surface area contributed by atoms with E-state index in [4.69, 9.17) is 16.3 Å². The van der Waals surface area contributed by atoms with Gasteiger partial charge >= 0.3 is 5.97 Å². The first-order valence-electron chi connectivity index (χ1n) is 8.55. The molecule has 0 aromatic heterocycles. The lowest BCUT2D eigenvalue weighted by atomic mass is 10.1. The number of carboxylic acids is 1. The predicted molar refractivity (Wildman–Crippen MR) is 108 cm³/mol. The first kappa shape index (κ1) is 19.5. The molecule has 0 unspecified atom stereocenters. The average molecular weight is 396 g/mol. The fourth-order valence-corrected chi connectivity index (χ4v) is 2.91. The van der Waals surface area contributed by atoms with Crippen LogP contribution in [0.4, 0.5) is 5.69 Å². The topological polar surface area (TPSA) is 75.6 Å². The van der Waals surface area contributed by atoms with E-state index in [1.165, 1.54) is 6.07 Å². The molecule has 5 nitrogen and oxygen atoms in total. The highest BCUT2D eigenvalue weighted by Crippen LogP contribution is 2.21. The van der Waals surface area contributed by atoms with Crippen LogP contribution in [0.5, 0.6) is 5.75 Å². The van der Waals surface area contributed by atoms with Crippen LogP contribution in [0.1, 0.15) is 31.8 Å². The molecule has 0 aliphatic heterocycles. The van der Waals surface area contributed by atoms with Crippen LogP contribution < -0.4 is 10.1 Å². The van der Waals surface area contributed by atoms with E-state index in [0.717, 1.165) is 5.56 Å². The molecular formula is C22H18ClNO4. The van der Waals surface area contributed by atoms with E-state index in [9.17, 15) is 14.7 Å². The van der Waals surface area contributed by atoms with Gasteiger partial charge in [0.2, 0.25) is 0 Å². The second kappa shape index (κ2) is 8.59. The number of hydrogen-bond donors (Lipinski definition) is 2. The van der Waals surface area contributed by atoms with E-state index in [1.807, 2.05) is 6.92 Å². The maximum absolute atomic E-state index is 12.4. The van der Waals surface area contributed by atoms with Gasteiger partial charge < -0.3 is 15.2 Å². The van der Waals surface area contributed by atoms with Crippen molar-refractivity contribution in [3.63, 3.8) is 0 Å². The fourth-order valence-electron chi connectivity index (χ4n) is 2.68. The Kier molecular flexibility index (Phi) is 5.96. The summed E-state index contributed by atoms with van der Waals surface area (Å²) >= 11 is 5.93. The number of hydrogen-bond acceptors (Lipinski definition) is 3. The molecule has 1 amide bonds. The molecule has 6 heteroatoms. The van der Waals surface area contributed by atoms with Crippen molar-refractivity contribution < 1.29 is 19.4 Å². The Morgan fingerprint density at radius 3 is 2.43 bits per heavy atom. The van der Waals surface area contributed by atoms with E-state index in [-0.39, 0.29) is 18.1 Å². The van der Waals surface area contributed by atoms with Crippen LogP contribution in [-0.4, -0.2) is 17.0 Å². The van der Waals surface area contributed by atoms with E-state index >= 15 is 0 Å². The molecule has 0 radical (unpaired) electrons.